The summed E-state index contributed by atoms with van der Waals surface area (Å²) in [4.78, 5) is 0.0156. The Hall–Kier alpha value is -2.12. The van der Waals surface area contributed by atoms with Crippen LogP contribution in [0.3, 0.4) is 0 Å². The van der Waals surface area contributed by atoms with E-state index in [1.807, 2.05) is 0 Å². The molecule has 2 aromatic carbocycles. The number of anilines is 2. The molecule has 0 aromatic heterocycles. The Bertz CT molecular complexity index is 672. The van der Waals surface area contributed by atoms with E-state index in [1.165, 1.54) is 30.3 Å². The molecule has 0 saturated heterocycles. The number of halogens is 1. The number of sulfonamides is 1. The topological polar surface area (TPSA) is 84.2 Å². The van der Waals surface area contributed by atoms with E-state index in [0.29, 0.717) is 0 Å². The summed E-state index contributed by atoms with van der Waals surface area (Å²) in [5, 5.41) is 0. The molecule has 0 spiro atoms. The monoisotopic (exact) mass is 281 g/mol. The third kappa shape index (κ3) is 3.01. The minimum absolute atomic E-state index is 0.0156. The maximum absolute atomic E-state index is 12.8. The van der Waals surface area contributed by atoms with Gasteiger partial charge in [-0.3, -0.25) is 10.6 Å². The highest BCUT2D eigenvalue weighted by atomic mass is 32.2. The van der Waals surface area contributed by atoms with Gasteiger partial charge in [0, 0.05) is 5.69 Å². The molecule has 7 heteroatoms. The summed E-state index contributed by atoms with van der Waals surface area (Å²) in [6, 6.07) is 11.2. The van der Waals surface area contributed by atoms with Crippen LogP contribution in [0.4, 0.5) is 15.8 Å². The lowest BCUT2D eigenvalue weighted by Gasteiger charge is -2.11. The number of nitrogens with two attached hydrogens (primary N) is 1. The van der Waals surface area contributed by atoms with Gasteiger partial charge in [0.1, 0.15) is 10.7 Å². The molecule has 0 heterocycles. The number of nitrogen functional groups attached to an aromatic ring is 1. The van der Waals surface area contributed by atoms with Crippen LogP contribution in [0.15, 0.2) is 53.4 Å². The first-order valence-electron chi connectivity index (χ1n) is 5.37. The zero-order chi connectivity index (χ0) is 13.9. The summed E-state index contributed by atoms with van der Waals surface area (Å²) in [5.41, 5.74) is 2.86. The van der Waals surface area contributed by atoms with E-state index in [1.54, 1.807) is 18.2 Å². The van der Waals surface area contributed by atoms with Gasteiger partial charge < -0.3 is 5.43 Å². The van der Waals surface area contributed by atoms with Crippen molar-refractivity contribution < 1.29 is 12.8 Å². The molecule has 0 aliphatic heterocycles. The largest absolute Gasteiger partial charge is 0.323 e. The molecule has 100 valence electrons. The van der Waals surface area contributed by atoms with Gasteiger partial charge in [-0.15, -0.1) is 0 Å². The van der Waals surface area contributed by atoms with E-state index in [0.717, 1.165) is 0 Å². The SMILES string of the molecule is NNc1ccccc1S(=O)(=O)Nc1ccc(F)cc1. The highest BCUT2D eigenvalue weighted by molar-refractivity contribution is 7.92. The number of para-hydroxylation sites is 1. The average Bonchev–Trinajstić information content (AvgIpc) is 2.41. The molecule has 0 amide bonds. The molecule has 0 unspecified atom stereocenters. The van der Waals surface area contributed by atoms with E-state index in [2.05, 4.69) is 10.1 Å². The van der Waals surface area contributed by atoms with Crippen molar-refractivity contribution in [3.63, 3.8) is 0 Å². The molecule has 4 N–H and O–H groups in total. The summed E-state index contributed by atoms with van der Waals surface area (Å²) in [7, 11) is -3.78. The molecule has 2 aromatic rings. The Kier molecular flexibility index (Phi) is 3.68. The number of hydrogen-bond donors (Lipinski definition) is 3. The minimum atomic E-state index is -3.78. The van der Waals surface area contributed by atoms with Crippen molar-refractivity contribution in [2.75, 3.05) is 10.1 Å². The van der Waals surface area contributed by atoms with E-state index >= 15 is 0 Å². The summed E-state index contributed by atoms with van der Waals surface area (Å²) < 4.78 is 39.4. The van der Waals surface area contributed by atoms with Crippen molar-refractivity contribution in [2.45, 2.75) is 4.90 Å². The van der Waals surface area contributed by atoms with E-state index in [9.17, 15) is 12.8 Å². The third-order valence-electron chi connectivity index (χ3n) is 2.43. The lowest BCUT2D eigenvalue weighted by Crippen LogP contribution is -2.17. The maximum atomic E-state index is 12.8. The van der Waals surface area contributed by atoms with E-state index in [4.69, 9.17) is 5.84 Å². The second-order valence-corrected chi connectivity index (χ2v) is 5.40. The van der Waals surface area contributed by atoms with Crippen LogP contribution in [-0.2, 0) is 10.0 Å². The highest BCUT2D eigenvalue weighted by Gasteiger charge is 2.17. The van der Waals surface area contributed by atoms with Gasteiger partial charge in [-0.25, -0.2) is 12.8 Å². The number of rotatable bonds is 4. The fraction of sp³-hybridized carbons (Fsp3) is 0. The van der Waals surface area contributed by atoms with Crippen LogP contribution >= 0.6 is 0 Å². The number of hydrogen-bond acceptors (Lipinski definition) is 4. The van der Waals surface area contributed by atoms with Crippen LogP contribution in [0.5, 0.6) is 0 Å². The summed E-state index contributed by atoms with van der Waals surface area (Å²) in [6.07, 6.45) is 0. The van der Waals surface area contributed by atoms with Crippen molar-refractivity contribution in [1.29, 1.82) is 0 Å². The van der Waals surface area contributed by atoms with Gasteiger partial charge in [0.05, 0.1) is 5.69 Å². The molecule has 0 fully saturated rings. The Labute approximate surface area is 110 Å². The number of benzene rings is 2. The van der Waals surface area contributed by atoms with Crippen molar-refractivity contribution in [3.05, 3.63) is 54.3 Å². The molecule has 0 bridgehead atoms. The smallest absolute Gasteiger partial charge is 0.264 e. The van der Waals surface area contributed by atoms with Crippen LogP contribution < -0.4 is 16.0 Å². The summed E-state index contributed by atoms with van der Waals surface area (Å²) >= 11 is 0. The molecule has 5 nitrogen and oxygen atoms in total. The van der Waals surface area contributed by atoms with E-state index in [-0.39, 0.29) is 16.3 Å². The van der Waals surface area contributed by atoms with Gasteiger partial charge >= 0.3 is 0 Å². The van der Waals surface area contributed by atoms with Crippen LogP contribution in [0.1, 0.15) is 0 Å². The highest BCUT2D eigenvalue weighted by Crippen LogP contribution is 2.22. The zero-order valence-corrected chi connectivity index (χ0v) is 10.6. The molecule has 0 aliphatic carbocycles. The van der Waals surface area contributed by atoms with Gasteiger partial charge in [0.2, 0.25) is 0 Å². The molecular formula is C12H12FN3O2S. The molecule has 2 rings (SSSR count). The second kappa shape index (κ2) is 5.25. The predicted molar refractivity (Wildman–Crippen MR) is 71.5 cm³/mol. The molecule has 0 atom stereocenters. The summed E-state index contributed by atoms with van der Waals surface area (Å²) in [6.45, 7) is 0. The Morgan fingerprint density at radius 1 is 1.00 bits per heavy atom. The van der Waals surface area contributed by atoms with Crippen LogP contribution in [0, 0.1) is 5.82 Å². The van der Waals surface area contributed by atoms with Gasteiger partial charge in [0.25, 0.3) is 10.0 Å². The van der Waals surface area contributed by atoms with Crippen molar-refractivity contribution in [3.8, 4) is 0 Å². The zero-order valence-electron chi connectivity index (χ0n) is 9.80. The van der Waals surface area contributed by atoms with Gasteiger partial charge in [-0.2, -0.15) is 0 Å². The molecule has 19 heavy (non-hydrogen) atoms. The third-order valence-corrected chi connectivity index (χ3v) is 3.87. The lowest BCUT2D eigenvalue weighted by molar-refractivity contribution is 0.601. The lowest BCUT2D eigenvalue weighted by atomic mass is 10.3. The first kappa shape index (κ1) is 13.3. The van der Waals surface area contributed by atoms with Crippen molar-refractivity contribution >= 4 is 21.4 Å². The first-order valence-corrected chi connectivity index (χ1v) is 6.85. The minimum Gasteiger partial charge on any atom is -0.323 e. The van der Waals surface area contributed by atoms with Crippen LogP contribution in [-0.4, -0.2) is 8.42 Å². The Morgan fingerprint density at radius 3 is 2.26 bits per heavy atom. The number of hydrazine groups is 1. The quantitative estimate of drug-likeness (QED) is 0.590. The predicted octanol–water partition coefficient (Wildman–Crippen LogP) is 1.91. The van der Waals surface area contributed by atoms with E-state index < -0.39 is 15.8 Å². The fourth-order valence-corrected chi connectivity index (χ4v) is 2.78. The average molecular weight is 281 g/mol. The van der Waals surface area contributed by atoms with Crippen molar-refractivity contribution in [1.82, 2.24) is 0 Å². The van der Waals surface area contributed by atoms with Crippen LogP contribution in [0.2, 0.25) is 0 Å². The fourth-order valence-electron chi connectivity index (χ4n) is 1.55. The number of nitrogens with one attached hydrogen (secondary N) is 2. The second-order valence-electron chi connectivity index (χ2n) is 3.75. The Morgan fingerprint density at radius 2 is 1.63 bits per heavy atom. The molecular weight excluding hydrogens is 269 g/mol. The normalized spacial score (nSPS) is 11.1. The molecule has 0 saturated carbocycles. The molecule has 0 radical (unpaired) electrons. The van der Waals surface area contributed by atoms with Crippen LogP contribution in [0.25, 0.3) is 0 Å². The van der Waals surface area contributed by atoms with Gasteiger partial charge in [-0.1, -0.05) is 12.1 Å². The molecule has 0 aliphatic rings. The standard InChI is InChI=1S/C12H12FN3O2S/c13-9-5-7-10(8-6-9)16-19(17,18)12-4-2-1-3-11(12)15-14/h1-8,15-16H,14H2. The van der Waals surface area contributed by atoms with Gasteiger partial charge in [0.15, 0.2) is 0 Å². The van der Waals surface area contributed by atoms with Crippen molar-refractivity contribution in [2.24, 2.45) is 5.84 Å². The van der Waals surface area contributed by atoms with Gasteiger partial charge in [-0.05, 0) is 36.4 Å². The maximum Gasteiger partial charge on any atom is 0.264 e. The summed E-state index contributed by atoms with van der Waals surface area (Å²) in [5.74, 6) is 4.83. The Balaban J connectivity index is 2.35. The first-order chi connectivity index (χ1) is 9.03.